The molecule has 0 radical (unpaired) electrons. The summed E-state index contributed by atoms with van der Waals surface area (Å²) in [5, 5.41) is 3.70. The molecule has 1 N–H and O–H groups in total. The van der Waals surface area contributed by atoms with Gasteiger partial charge in [0.15, 0.2) is 0 Å². The molecule has 1 fully saturated rings. The number of nitrogens with one attached hydrogen (secondary N) is 1. The van der Waals surface area contributed by atoms with E-state index in [0.717, 1.165) is 12.0 Å². The molecule has 1 heterocycles. The first kappa shape index (κ1) is 15.1. The van der Waals surface area contributed by atoms with Crippen molar-refractivity contribution in [3.05, 3.63) is 35.4 Å². The maximum atomic E-state index is 3.70. The van der Waals surface area contributed by atoms with Crippen LogP contribution in [0.15, 0.2) is 24.3 Å². The Morgan fingerprint density at radius 3 is 2.81 bits per heavy atom. The Balaban J connectivity index is 1.61. The van der Waals surface area contributed by atoms with Crippen molar-refractivity contribution in [2.45, 2.75) is 57.4 Å². The molecule has 1 aromatic rings. The van der Waals surface area contributed by atoms with E-state index >= 15 is 0 Å². The zero-order chi connectivity index (χ0) is 14.5. The van der Waals surface area contributed by atoms with Gasteiger partial charge >= 0.3 is 0 Å². The molecule has 2 unspecified atom stereocenters. The summed E-state index contributed by atoms with van der Waals surface area (Å²) in [6.45, 7) is 7.18. The number of aryl methyl sites for hydroxylation is 1. The van der Waals surface area contributed by atoms with Crippen LogP contribution in [0.25, 0.3) is 0 Å². The fraction of sp³-hybridized carbons (Fsp3) is 0.684. The number of nitrogens with zero attached hydrogens (tertiary/aromatic N) is 1. The van der Waals surface area contributed by atoms with Crippen molar-refractivity contribution in [2.75, 3.05) is 26.2 Å². The summed E-state index contributed by atoms with van der Waals surface area (Å²) in [6.07, 6.45) is 8.13. The third kappa shape index (κ3) is 3.87. The lowest BCUT2D eigenvalue weighted by atomic mass is 9.82. The van der Waals surface area contributed by atoms with Gasteiger partial charge in [-0.2, -0.15) is 0 Å². The fourth-order valence-corrected chi connectivity index (χ4v) is 4.08. The first-order valence-electron chi connectivity index (χ1n) is 8.90. The van der Waals surface area contributed by atoms with Crippen molar-refractivity contribution in [2.24, 2.45) is 0 Å². The third-order valence-electron chi connectivity index (χ3n) is 5.31. The Morgan fingerprint density at radius 2 is 2.00 bits per heavy atom. The van der Waals surface area contributed by atoms with Crippen LogP contribution >= 0.6 is 0 Å². The molecule has 2 atom stereocenters. The standard InChI is InChI=1S/C19H30N2/c1-2-21(15-18-11-5-6-13-20-18)14-17-10-7-9-16-8-3-4-12-19(16)17/h3-4,8,12,17-18,20H,2,5-7,9-11,13-15H2,1H3. The Morgan fingerprint density at radius 1 is 1.10 bits per heavy atom. The number of likely N-dealkylation sites (N-methyl/N-ethyl adjacent to an activating group) is 1. The predicted octanol–water partition coefficient (Wildman–Crippen LogP) is 3.57. The van der Waals surface area contributed by atoms with Gasteiger partial charge in [0.05, 0.1) is 0 Å². The van der Waals surface area contributed by atoms with Gasteiger partial charge in [0.25, 0.3) is 0 Å². The van der Waals surface area contributed by atoms with Crippen molar-refractivity contribution in [3.8, 4) is 0 Å². The highest BCUT2D eigenvalue weighted by atomic mass is 15.1. The van der Waals surface area contributed by atoms with E-state index in [2.05, 4.69) is 41.4 Å². The number of benzene rings is 1. The molecule has 0 aromatic heterocycles. The summed E-state index contributed by atoms with van der Waals surface area (Å²) in [4.78, 5) is 2.68. The first-order valence-corrected chi connectivity index (χ1v) is 8.90. The number of fused-ring (bicyclic) bond motifs is 1. The maximum absolute atomic E-state index is 3.70. The van der Waals surface area contributed by atoms with Crippen LogP contribution in [0.3, 0.4) is 0 Å². The number of hydrogen-bond donors (Lipinski definition) is 1. The highest BCUT2D eigenvalue weighted by Gasteiger charge is 2.23. The second kappa shape index (κ2) is 7.42. The summed E-state index contributed by atoms with van der Waals surface area (Å²) >= 11 is 0. The van der Waals surface area contributed by atoms with Gasteiger partial charge in [0.1, 0.15) is 0 Å². The molecule has 1 aromatic carbocycles. The van der Waals surface area contributed by atoms with Crippen molar-refractivity contribution in [3.63, 3.8) is 0 Å². The summed E-state index contributed by atoms with van der Waals surface area (Å²) < 4.78 is 0. The Hall–Kier alpha value is -0.860. The first-order chi connectivity index (χ1) is 10.4. The number of piperidine rings is 1. The third-order valence-corrected chi connectivity index (χ3v) is 5.31. The lowest BCUT2D eigenvalue weighted by molar-refractivity contribution is 0.216. The molecule has 0 saturated carbocycles. The van der Waals surface area contributed by atoms with E-state index in [9.17, 15) is 0 Å². The lowest BCUT2D eigenvalue weighted by Gasteiger charge is -2.34. The van der Waals surface area contributed by atoms with Crippen LogP contribution in [0.5, 0.6) is 0 Å². The van der Waals surface area contributed by atoms with E-state index < -0.39 is 0 Å². The molecule has 3 rings (SSSR count). The SMILES string of the molecule is CCN(CC1CCCCN1)CC1CCCc2ccccc21. The normalized spacial score (nSPS) is 25.8. The van der Waals surface area contributed by atoms with Crippen LogP contribution in [0.2, 0.25) is 0 Å². The molecule has 1 aliphatic heterocycles. The summed E-state index contributed by atoms with van der Waals surface area (Å²) in [6, 6.07) is 9.84. The van der Waals surface area contributed by atoms with Crippen molar-refractivity contribution < 1.29 is 0 Å². The maximum Gasteiger partial charge on any atom is 0.0195 e. The molecule has 2 aliphatic rings. The van der Waals surface area contributed by atoms with Gasteiger partial charge in [-0.1, -0.05) is 37.6 Å². The van der Waals surface area contributed by atoms with E-state index in [1.54, 1.807) is 11.1 Å². The quantitative estimate of drug-likeness (QED) is 0.890. The second-order valence-electron chi connectivity index (χ2n) is 6.79. The Kier molecular flexibility index (Phi) is 5.32. The summed E-state index contributed by atoms with van der Waals surface area (Å²) in [5.74, 6) is 0.749. The van der Waals surface area contributed by atoms with E-state index in [1.807, 2.05) is 0 Å². The number of hydrogen-bond acceptors (Lipinski definition) is 2. The molecular formula is C19H30N2. The van der Waals surface area contributed by atoms with Gasteiger partial charge in [-0.3, -0.25) is 0 Å². The lowest BCUT2D eigenvalue weighted by Crippen LogP contribution is -2.44. The Labute approximate surface area is 129 Å². The van der Waals surface area contributed by atoms with E-state index in [-0.39, 0.29) is 0 Å². The highest BCUT2D eigenvalue weighted by Crippen LogP contribution is 2.32. The van der Waals surface area contributed by atoms with E-state index in [4.69, 9.17) is 0 Å². The van der Waals surface area contributed by atoms with Gasteiger partial charge in [-0.25, -0.2) is 0 Å². The number of rotatable bonds is 5. The molecule has 0 amide bonds. The van der Waals surface area contributed by atoms with Crippen molar-refractivity contribution in [1.29, 1.82) is 0 Å². The van der Waals surface area contributed by atoms with Crippen molar-refractivity contribution >= 4 is 0 Å². The van der Waals surface area contributed by atoms with Crippen LogP contribution in [-0.4, -0.2) is 37.1 Å². The molecule has 116 valence electrons. The molecule has 21 heavy (non-hydrogen) atoms. The zero-order valence-electron chi connectivity index (χ0n) is 13.5. The summed E-state index contributed by atoms with van der Waals surface area (Å²) in [5.41, 5.74) is 3.22. The molecule has 2 nitrogen and oxygen atoms in total. The molecule has 1 saturated heterocycles. The molecule has 0 spiro atoms. The van der Waals surface area contributed by atoms with Crippen LogP contribution < -0.4 is 5.32 Å². The smallest absolute Gasteiger partial charge is 0.0195 e. The topological polar surface area (TPSA) is 15.3 Å². The molecular weight excluding hydrogens is 256 g/mol. The van der Waals surface area contributed by atoms with Gasteiger partial charge in [0.2, 0.25) is 0 Å². The van der Waals surface area contributed by atoms with E-state index in [0.29, 0.717) is 0 Å². The van der Waals surface area contributed by atoms with Crippen LogP contribution in [0.4, 0.5) is 0 Å². The highest BCUT2D eigenvalue weighted by molar-refractivity contribution is 5.32. The fourth-order valence-electron chi connectivity index (χ4n) is 4.08. The zero-order valence-corrected chi connectivity index (χ0v) is 13.5. The largest absolute Gasteiger partial charge is 0.313 e. The minimum Gasteiger partial charge on any atom is -0.313 e. The van der Waals surface area contributed by atoms with Crippen molar-refractivity contribution in [1.82, 2.24) is 10.2 Å². The van der Waals surface area contributed by atoms with Crippen LogP contribution in [0, 0.1) is 0 Å². The predicted molar refractivity (Wildman–Crippen MR) is 89.9 cm³/mol. The monoisotopic (exact) mass is 286 g/mol. The minimum atomic E-state index is 0.720. The van der Waals surface area contributed by atoms with Gasteiger partial charge < -0.3 is 10.2 Å². The summed E-state index contributed by atoms with van der Waals surface area (Å²) in [7, 11) is 0. The van der Waals surface area contributed by atoms with Gasteiger partial charge in [-0.05, 0) is 62.2 Å². The van der Waals surface area contributed by atoms with Gasteiger partial charge in [-0.15, -0.1) is 0 Å². The molecule has 2 heteroatoms. The second-order valence-corrected chi connectivity index (χ2v) is 6.79. The van der Waals surface area contributed by atoms with Crippen LogP contribution in [0.1, 0.15) is 56.1 Å². The van der Waals surface area contributed by atoms with Crippen LogP contribution in [-0.2, 0) is 6.42 Å². The average Bonchev–Trinajstić information content (AvgIpc) is 2.55. The van der Waals surface area contributed by atoms with Gasteiger partial charge in [0, 0.05) is 19.1 Å². The molecule has 1 aliphatic carbocycles. The Bertz CT molecular complexity index is 437. The molecule has 0 bridgehead atoms. The minimum absolute atomic E-state index is 0.720. The average molecular weight is 286 g/mol. The van der Waals surface area contributed by atoms with E-state index in [1.165, 1.54) is 64.7 Å².